The Balaban J connectivity index is 2.14. The van der Waals surface area contributed by atoms with Gasteiger partial charge in [-0.05, 0) is 37.8 Å². The summed E-state index contributed by atoms with van der Waals surface area (Å²) >= 11 is 1.58. The fourth-order valence-electron chi connectivity index (χ4n) is 2.87. The quantitative estimate of drug-likeness (QED) is 0.731. The maximum Gasteiger partial charge on any atom is 0.206 e. The molecule has 0 spiro atoms. The van der Waals surface area contributed by atoms with Crippen LogP contribution in [0.15, 0.2) is 46.3 Å². The van der Waals surface area contributed by atoms with Crippen molar-refractivity contribution in [3.63, 3.8) is 0 Å². The predicted molar refractivity (Wildman–Crippen MR) is 103 cm³/mol. The molecule has 1 aromatic heterocycles. The molecule has 0 unspecified atom stereocenters. The van der Waals surface area contributed by atoms with Gasteiger partial charge in [0.1, 0.15) is 11.5 Å². The van der Waals surface area contributed by atoms with E-state index in [0.29, 0.717) is 6.54 Å². The number of rotatable bonds is 6. The fourth-order valence-corrected chi connectivity index (χ4v) is 3.70. The minimum Gasteiger partial charge on any atom is -0.497 e. The zero-order valence-electron chi connectivity index (χ0n) is 14.7. The summed E-state index contributed by atoms with van der Waals surface area (Å²) in [7, 11) is 3.32. The Labute approximate surface area is 152 Å². The molecule has 1 fully saturated rings. The van der Waals surface area contributed by atoms with Crippen LogP contribution in [0, 0.1) is 0 Å². The molecule has 5 nitrogen and oxygen atoms in total. The number of ether oxygens (including phenoxy) is 2. The van der Waals surface area contributed by atoms with Gasteiger partial charge < -0.3 is 9.47 Å². The van der Waals surface area contributed by atoms with Gasteiger partial charge in [0.2, 0.25) is 4.80 Å². The van der Waals surface area contributed by atoms with Crippen molar-refractivity contribution in [1.82, 2.24) is 4.68 Å². The minimum absolute atomic E-state index is 0.574. The van der Waals surface area contributed by atoms with E-state index in [1.807, 2.05) is 22.9 Å². The van der Waals surface area contributed by atoms with Crippen molar-refractivity contribution in [2.24, 2.45) is 10.1 Å². The highest BCUT2D eigenvalue weighted by molar-refractivity contribution is 7.07. The standard InChI is InChI=1S/C19H23N3O2S/c1-4-11-20-19-22(21-14-7-5-6-8-14)17(13-25-19)16-10-9-15(23-2)12-18(16)24-3/h4,9-10,12-13H,1,5-8,11H2,2-3H3. The van der Waals surface area contributed by atoms with E-state index in [0.717, 1.165) is 40.4 Å². The van der Waals surface area contributed by atoms with Crippen LogP contribution in [0.3, 0.4) is 0 Å². The van der Waals surface area contributed by atoms with Crippen molar-refractivity contribution >= 4 is 17.0 Å². The molecule has 25 heavy (non-hydrogen) atoms. The summed E-state index contributed by atoms with van der Waals surface area (Å²) in [6, 6.07) is 5.83. The molecule has 1 saturated carbocycles. The zero-order valence-corrected chi connectivity index (χ0v) is 15.5. The van der Waals surface area contributed by atoms with Crippen LogP contribution in [0.5, 0.6) is 11.5 Å². The van der Waals surface area contributed by atoms with Crippen molar-refractivity contribution in [3.05, 3.63) is 41.0 Å². The van der Waals surface area contributed by atoms with Crippen LogP contribution >= 0.6 is 11.3 Å². The Morgan fingerprint density at radius 3 is 2.72 bits per heavy atom. The van der Waals surface area contributed by atoms with E-state index in [1.54, 1.807) is 31.6 Å². The van der Waals surface area contributed by atoms with Crippen molar-refractivity contribution in [2.75, 3.05) is 20.8 Å². The first kappa shape index (κ1) is 17.5. The normalized spacial score (nSPS) is 14.6. The van der Waals surface area contributed by atoms with Gasteiger partial charge >= 0.3 is 0 Å². The molecule has 6 heteroatoms. The summed E-state index contributed by atoms with van der Waals surface area (Å²) in [5, 5.41) is 6.97. The zero-order chi connectivity index (χ0) is 17.6. The molecular weight excluding hydrogens is 334 g/mol. The van der Waals surface area contributed by atoms with Crippen LogP contribution in [-0.4, -0.2) is 31.2 Å². The van der Waals surface area contributed by atoms with Crippen molar-refractivity contribution in [1.29, 1.82) is 0 Å². The van der Waals surface area contributed by atoms with E-state index < -0.39 is 0 Å². The van der Waals surface area contributed by atoms with E-state index in [-0.39, 0.29) is 0 Å². The molecule has 0 bridgehead atoms. The first-order chi connectivity index (χ1) is 12.3. The number of hydrogen-bond donors (Lipinski definition) is 0. The smallest absolute Gasteiger partial charge is 0.206 e. The van der Waals surface area contributed by atoms with Gasteiger partial charge in [0.15, 0.2) is 0 Å². The van der Waals surface area contributed by atoms with Gasteiger partial charge in [-0.3, -0.25) is 4.99 Å². The van der Waals surface area contributed by atoms with E-state index in [2.05, 4.69) is 17.0 Å². The van der Waals surface area contributed by atoms with Crippen LogP contribution in [-0.2, 0) is 0 Å². The second kappa shape index (κ2) is 8.16. The third-order valence-corrected chi connectivity index (χ3v) is 5.00. The molecule has 3 rings (SSSR count). The Morgan fingerprint density at radius 1 is 1.24 bits per heavy atom. The molecule has 0 N–H and O–H groups in total. The van der Waals surface area contributed by atoms with Gasteiger partial charge in [0, 0.05) is 22.7 Å². The first-order valence-corrected chi connectivity index (χ1v) is 9.26. The molecule has 1 heterocycles. The maximum absolute atomic E-state index is 5.57. The maximum atomic E-state index is 5.57. The highest BCUT2D eigenvalue weighted by atomic mass is 32.1. The van der Waals surface area contributed by atoms with Crippen LogP contribution in [0.1, 0.15) is 25.7 Å². The Hall–Kier alpha value is -2.34. The number of benzene rings is 1. The first-order valence-electron chi connectivity index (χ1n) is 8.38. The van der Waals surface area contributed by atoms with Gasteiger partial charge in [0.05, 0.1) is 26.5 Å². The monoisotopic (exact) mass is 357 g/mol. The Morgan fingerprint density at radius 2 is 2.04 bits per heavy atom. The van der Waals surface area contributed by atoms with Crippen LogP contribution in [0.25, 0.3) is 11.3 Å². The second-order valence-electron chi connectivity index (χ2n) is 5.78. The average Bonchev–Trinajstić information content (AvgIpc) is 3.30. The van der Waals surface area contributed by atoms with E-state index in [4.69, 9.17) is 14.6 Å². The van der Waals surface area contributed by atoms with Crippen molar-refractivity contribution in [3.8, 4) is 22.8 Å². The van der Waals surface area contributed by atoms with Crippen LogP contribution in [0.2, 0.25) is 0 Å². The molecular formula is C19H23N3O2S. The summed E-state index contributed by atoms with van der Waals surface area (Å²) in [4.78, 5) is 5.46. The summed E-state index contributed by atoms with van der Waals surface area (Å²) in [6.07, 6.45) is 6.33. The average molecular weight is 357 g/mol. The van der Waals surface area contributed by atoms with E-state index in [1.165, 1.54) is 18.6 Å². The molecule has 0 saturated heterocycles. The lowest BCUT2D eigenvalue weighted by atomic mass is 10.1. The molecule has 1 aromatic carbocycles. The second-order valence-corrected chi connectivity index (χ2v) is 6.62. The number of nitrogens with zero attached hydrogens (tertiary/aromatic N) is 3. The largest absolute Gasteiger partial charge is 0.497 e. The van der Waals surface area contributed by atoms with Gasteiger partial charge in [0.25, 0.3) is 0 Å². The van der Waals surface area contributed by atoms with Crippen LogP contribution in [0.4, 0.5) is 0 Å². The molecule has 0 atom stereocenters. The lowest BCUT2D eigenvalue weighted by molar-refractivity contribution is 0.395. The molecule has 132 valence electrons. The SMILES string of the molecule is C=CCN=c1scc(-c2ccc(OC)cc2OC)n1N=C1CCCC1. The Kier molecular flexibility index (Phi) is 5.71. The van der Waals surface area contributed by atoms with Gasteiger partial charge in [-0.15, -0.1) is 17.9 Å². The highest BCUT2D eigenvalue weighted by Gasteiger charge is 2.15. The van der Waals surface area contributed by atoms with E-state index >= 15 is 0 Å². The number of methoxy groups -OCH3 is 2. The third-order valence-electron chi connectivity index (χ3n) is 4.15. The number of thiazole rings is 1. The lowest BCUT2D eigenvalue weighted by Gasteiger charge is -2.11. The van der Waals surface area contributed by atoms with Gasteiger partial charge in [-0.25, -0.2) is 4.68 Å². The molecule has 0 radical (unpaired) electrons. The van der Waals surface area contributed by atoms with Crippen molar-refractivity contribution in [2.45, 2.75) is 25.7 Å². The molecule has 0 amide bonds. The summed E-state index contributed by atoms with van der Waals surface area (Å²) in [5.74, 6) is 1.52. The highest BCUT2D eigenvalue weighted by Crippen LogP contribution is 2.33. The number of hydrogen-bond acceptors (Lipinski definition) is 5. The summed E-state index contributed by atoms with van der Waals surface area (Å²) < 4.78 is 12.8. The predicted octanol–water partition coefficient (Wildman–Crippen LogP) is 4.10. The molecule has 0 aliphatic heterocycles. The lowest BCUT2D eigenvalue weighted by Crippen LogP contribution is -2.14. The van der Waals surface area contributed by atoms with Gasteiger partial charge in [-0.2, -0.15) is 5.10 Å². The number of aromatic nitrogens is 1. The third kappa shape index (κ3) is 3.85. The molecule has 1 aliphatic carbocycles. The molecule has 2 aromatic rings. The Bertz CT molecular complexity index is 841. The van der Waals surface area contributed by atoms with Crippen molar-refractivity contribution < 1.29 is 9.47 Å². The minimum atomic E-state index is 0.574. The molecule has 1 aliphatic rings. The van der Waals surface area contributed by atoms with Gasteiger partial charge in [-0.1, -0.05) is 6.08 Å². The summed E-state index contributed by atoms with van der Waals surface area (Å²) in [6.45, 7) is 4.33. The van der Waals surface area contributed by atoms with E-state index in [9.17, 15) is 0 Å². The van der Waals surface area contributed by atoms with Crippen LogP contribution < -0.4 is 14.3 Å². The topological polar surface area (TPSA) is 48.1 Å². The summed E-state index contributed by atoms with van der Waals surface area (Å²) in [5.41, 5.74) is 3.18. The fraction of sp³-hybridized carbons (Fsp3) is 0.368.